The molecule has 0 atom stereocenters. The van der Waals surface area contributed by atoms with E-state index in [0.29, 0.717) is 17.1 Å². The zero-order valence-electron chi connectivity index (χ0n) is 14.3. The number of nitrogen functional groups attached to an aromatic ring is 1. The van der Waals surface area contributed by atoms with E-state index in [-0.39, 0.29) is 34.7 Å². The number of nitrogens with zero attached hydrogens (tertiary/aromatic N) is 4. The molecule has 3 aromatic heterocycles. The van der Waals surface area contributed by atoms with Gasteiger partial charge in [0.2, 0.25) is 5.95 Å². The lowest BCUT2D eigenvalue weighted by atomic mass is 10.1. The number of hydrogen-bond acceptors (Lipinski definition) is 6. The zero-order chi connectivity index (χ0) is 19.8. The number of fused-ring (bicyclic) bond motifs is 1. The van der Waals surface area contributed by atoms with Gasteiger partial charge in [-0.25, -0.2) is 9.78 Å². The molecule has 1 aliphatic heterocycles. The summed E-state index contributed by atoms with van der Waals surface area (Å²) in [5.41, 5.74) is 7.67. The van der Waals surface area contributed by atoms with Crippen molar-refractivity contribution < 1.29 is 14.7 Å². The molecule has 3 aromatic rings. The Morgan fingerprint density at radius 1 is 1.32 bits per heavy atom. The van der Waals surface area contributed by atoms with Crippen molar-refractivity contribution in [1.29, 1.82) is 0 Å². The van der Waals surface area contributed by atoms with Crippen molar-refractivity contribution in [2.45, 2.75) is 6.54 Å². The second-order valence-corrected chi connectivity index (χ2v) is 6.38. The molecular formula is C18H13ClN6O3. The molecule has 1 aliphatic rings. The van der Waals surface area contributed by atoms with Crippen LogP contribution in [-0.2, 0) is 11.3 Å². The van der Waals surface area contributed by atoms with Crippen LogP contribution in [0.15, 0.2) is 36.8 Å². The summed E-state index contributed by atoms with van der Waals surface area (Å²) in [7, 11) is 0. The number of aromatic carboxylic acids is 1. The minimum atomic E-state index is -1.08. The number of aromatic amines is 1. The van der Waals surface area contributed by atoms with E-state index in [1.165, 1.54) is 23.2 Å². The Labute approximate surface area is 163 Å². The number of carboxylic acid groups (broad SMARTS) is 1. The van der Waals surface area contributed by atoms with Gasteiger partial charge in [0.05, 0.1) is 23.2 Å². The van der Waals surface area contributed by atoms with E-state index >= 15 is 0 Å². The number of carboxylic acids is 1. The number of anilines is 2. The summed E-state index contributed by atoms with van der Waals surface area (Å²) in [5.74, 6) is -1.17. The van der Waals surface area contributed by atoms with E-state index < -0.39 is 5.97 Å². The van der Waals surface area contributed by atoms with E-state index in [1.54, 1.807) is 24.5 Å². The van der Waals surface area contributed by atoms with Crippen LogP contribution in [-0.4, -0.2) is 36.9 Å². The van der Waals surface area contributed by atoms with Crippen molar-refractivity contribution in [3.63, 3.8) is 0 Å². The molecule has 1 amide bonds. The summed E-state index contributed by atoms with van der Waals surface area (Å²) in [6, 6.07) is 4.98. The molecule has 4 N–H and O–H groups in total. The molecule has 10 heteroatoms. The number of H-pyrrole nitrogens is 1. The van der Waals surface area contributed by atoms with Crippen LogP contribution in [0, 0.1) is 0 Å². The molecule has 140 valence electrons. The second-order valence-electron chi connectivity index (χ2n) is 6.02. The van der Waals surface area contributed by atoms with Gasteiger partial charge >= 0.3 is 5.97 Å². The fraction of sp³-hybridized carbons (Fsp3) is 0.0556. The standard InChI is InChI=1S/C18H13ClN6O3/c19-14-13-12(6-11-5-10(7-22-11)17(27)28)16(26)25(15(13)24-18(20)23-14)8-9-1-3-21-4-2-9/h1-7,22H,8H2,(H,27,28)(H2,20,23,24). The highest BCUT2D eigenvalue weighted by Crippen LogP contribution is 2.41. The Hall–Kier alpha value is -3.72. The summed E-state index contributed by atoms with van der Waals surface area (Å²) in [6.07, 6.45) is 6.11. The molecule has 28 heavy (non-hydrogen) atoms. The number of rotatable bonds is 4. The maximum atomic E-state index is 13.1. The quantitative estimate of drug-likeness (QED) is 0.454. The largest absolute Gasteiger partial charge is 0.478 e. The van der Waals surface area contributed by atoms with E-state index in [1.807, 2.05) is 0 Å². The Kier molecular flexibility index (Phi) is 4.28. The van der Waals surface area contributed by atoms with E-state index in [2.05, 4.69) is 19.9 Å². The van der Waals surface area contributed by atoms with Crippen molar-refractivity contribution in [1.82, 2.24) is 19.9 Å². The minimum Gasteiger partial charge on any atom is -0.478 e. The van der Waals surface area contributed by atoms with Gasteiger partial charge in [0.15, 0.2) is 5.82 Å². The normalized spacial score (nSPS) is 14.5. The number of aromatic nitrogens is 4. The van der Waals surface area contributed by atoms with Crippen molar-refractivity contribution in [2.75, 3.05) is 10.6 Å². The Bertz CT molecular complexity index is 1130. The van der Waals surface area contributed by atoms with Crippen molar-refractivity contribution in [2.24, 2.45) is 0 Å². The molecular weight excluding hydrogens is 384 g/mol. The van der Waals surface area contributed by atoms with Crippen LogP contribution in [0.4, 0.5) is 11.8 Å². The lowest BCUT2D eigenvalue weighted by molar-refractivity contribution is -0.113. The molecule has 0 saturated carbocycles. The number of nitrogens with two attached hydrogens (primary N) is 1. The molecule has 0 aromatic carbocycles. The van der Waals surface area contributed by atoms with Gasteiger partial charge in [0, 0.05) is 24.3 Å². The van der Waals surface area contributed by atoms with Gasteiger partial charge in [-0.3, -0.25) is 14.7 Å². The third-order valence-corrected chi connectivity index (χ3v) is 4.48. The van der Waals surface area contributed by atoms with Gasteiger partial charge in [0.25, 0.3) is 5.91 Å². The van der Waals surface area contributed by atoms with Crippen LogP contribution in [0.1, 0.15) is 27.2 Å². The van der Waals surface area contributed by atoms with Gasteiger partial charge in [-0.05, 0) is 29.8 Å². The number of halogens is 1. The maximum absolute atomic E-state index is 13.1. The Morgan fingerprint density at radius 3 is 2.75 bits per heavy atom. The topological polar surface area (TPSA) is 138 Å². The molecule has 0 unspecified atom stereocenters. The maximum Gasteiger partial charge on any atom is 0.337 e. The summed E-state index contributed by atoms with van der Waals surface area (Å²) in [6.45, 7) is 0.240. The lowest BCUT2D eigenvalue weighted by Crippen LogP contribution is -2.26. The number of hydrogen-bond donors (Lipinski definition) is 3. The average Bonchev–Trinajstić information content (AvgIpc) is 3.22. The SMILES string of the molecule is Nc1nc(Cl)c2c(n1)N(Cc1ccncc1)C(=O)C2=Cc1cc(C(=O)O)c[nH]1. The van der Waals surface area contributed by atoms with Crippen LogP contribution in [0.3, 0.4) is 0 Å². The number of amides is 1. The Balaban J connectivity index is 1.81. The average molecular weight is 397 g/mol. The van der Waals surface area contributed by atoms with Crippen LogP contribution in [0.2, 0.25) is 5.15 Å². The highest BCUT2D eigenvalue weighted by molar-refractivity contribution is 6.41. The molecule has 0 fully saturated rings. The van der Waals surface area contributed by atoms with Gasteiger partial charge in [-0.15, -0.1) is 0 Å². The first-order valence-corrected chi connectivity index (χ1v) is 8.49. The highest BCUT2D eigenvalue weighted by atomic mass is 35.5. The second kappa shape index (κ2) is 6.78. The predicted octanol–water partition coefficient (Wildman–Crippen LogP) is 2.22. The first-order valence-electron chi connectivity index (χ1n) is 8.11. The number of carbonyl (C=O) groups excluding carboxylic acids is 1. The van der Waals surface area contributed by atoms with E-state index in [9.17, 15) is 9.59 Å². The summed E-state index contributed by atoms with van der Waals surface area (Å²) in [4.78, 5) is 40.6. The van der Waals surface area contributed by atoms with E-state index in [4.69, 9.17) is 22.4 Å². The van der Waals surface area contributed by atoms with Gasteiger partial charge < -0.3 is 15.8 Å². The summed E-state index contributed by atoms with van der Waals surface area (Å²) < 4.78 is 0. The van der Waals surface area contributed by atoms with Crippen molar-refractivity contribution in [3.05, 3.63) is 64.3 Å². The van der Waals surface area contributed by atoms with Crippen molar-refractivity contribution >= 4 is 46.9 Å². The lowest BCUT2D eigenvalue weighted by Gasteiger charge is -2.16. The summed E-state index contributed by atoms with van der Waals surface area (Å²) >= 11 is 6.26. The van der Waals surface area contributed by atoms with Gasteiger partial charge in [-0.2, -0.15) is 4.98 Å². The third-order valence-electron chi connectivity index (χ3n) is 4.21. The molecule has 4 heterocycles. The molecule has 4 rings (SSSR count). The number of nitrogens with one attached hydrogen (secondary N) is 1. The van der Waals surface area contributed by atoms with Crippen LogP contribution in [0.25, 0.3) is 11.6 Å². The molecule has 0 saturated heterocycles. The van der Waals surface area contributed by atoms with Crippen molar-refractivity contribution in [3.8, 4) is 0 Å². The molecule has 0 spiro atoms. The highest BCUT2D eigenvalue weighted by Gasteiger charge is 2.37. The minimum absolute atomic E-state index is 0.0457. The fourth-order valence-corrected chi connectivity index (χ4v) is 3.21. The van der Waals surface area contributed by atoms with E-state index in [0.717, 1.165) is 5.56 Å². The summed E-state index contributed by atoms with van der Waals surface area (Å²) in [5, 5.41) is 9.12. The predicted molar refractivity (Wildman–Crippen MR) is 103 cm³/mol. The Morgan fingerprint density at radius 2 is 2.07 bits per heavy atom. The third kappa shape index (κ3) is 3.08. The zero-order valence-corrected chi connectivity index (χ0v) is 15.0. The van der Waals surface area contributed by atoms with Crippen LogP contribution in [0.5, 0.6) is 0 Å². The fourth-order valence-electron chi connectivity index (χ4n) is 2.94. The smallest absolute Gasteiger partial charge is 0.337 e. The van der Waals surface area contributed by atoms with Crippen LogP contribution >= 0.6 is 11.6 Å². The molecule has 0 aliphatic carbocycles. The first kappa shape index (κ1) is 17.7. The number of carbonyl (C=O) groups is 2. The molecule has 0 bridgehead atoms. The molecule has 0 radical (unpaired) electrons. The molecule has 9 nitrogen and oxygen atoms in total. The monoisotopic (exact) mass is 396 g/mol. The number of pyridine rings is 1. The first-order chi connectivity index (χ1) is 13.4. The van der Waals surface area contributed by atoms with Gasteiger partial charge in [-0.1, -0.05) is 11.6 Å². The van der Waals surface area contributed by atoms with Gasteiger partial charge in [0.1, 0.15) is 5.15 Å². The van der Waals surface area contributed by atoms with Crippen LogP contribution < -0.4 is 10.6 Å².